The summed E-state index contributed by atoms with van der Waals surface area (Å²) in [4.78, 5) is 0. The first-order chi connectivity index (χ1) is 8.14. The van der Waals surface area contributed by atoms with Crippen LogP contribution in [0.4, 0.5) is 5.69 Å². The Labute approximate surface area is 118 Å². The van der Waals surface area contributed by atoms with Crippen LogP contribution in [0.2, 0.25) is 10.0 Å². The number of nitrogens with two attached hydrogens (primary N) is 1. The average molecular weight is 288 g/mol. The molecule has 98 valence electrons. The first-order valence-corrected chi connectivity index (χ1v) is 6.50. The highest BCUT2D eigenvalue weighted by molar-refractivity contribution is 6.64. The van der Waals surface area contributed by atoms with E-state index in [9.17, 15) is 0 Å². The van der Waals surface area contributed by atoms with Gasteiger partial charge in [0.2, 0.25) is 0 Å². The quantitative estimate of drug-likeness (QED) is 0.638. The molecule has 18 heavy (non-hydrogen) atoms. The number of halogens is 2. The summed E-state index contributed by atoms with van der Waals surface area (Å²) in [6, 6.07) is 3.31. The Balaban J connectivity index is 2.38. The minimum absolute atomic E-state index is 0.407. The SMILES string of the molecule is CC1(C)OB(c2cc(Cl)c(Cl)cc2N)OC1(C)C. The molecule has 0 atom stereocenters. The van der Waals surface area contributed by atoms with Crippen molar-refractivity contribution in [2.75, 3.05) is 5.73 Å². The van der Waals surface area contributed by atoms with Crippen LogP contribution in [0.15, 0.2) is 12.1 Å². The predicted octanol–water partition coefficient (Wildman–Crippen LogP) is 2.87. The summed E-state index contributed by atoms with van der Waals surface area (Å²) < 4.78 is 11.8. The summed E-state index contributed by atoms with van der Waals surface area (Å²) in [7, 11) is -0.523. The topological polar surface area (TPSA) is 44.5 Å². The number of hydrogen-bond acceptors (Lipinski definition) is 3. The lowest BCUT2D eigenvalue weighted by Crippen LogP contribution is -2.41. The van der Waals surface area contributed by atoms with E-state index in [0.29, 0.717) is 21.2 Å². The van der Waals surface area contributed by atoms with Crippen LogP contribution >= 0.6 is 23.2 Å². The maximum absolute atomic E-state index is 6.01. The van der Waals surface area contributed by atoms with Crippen LogP contribution in [0.1, 0.15) is 27.7 Å². The van der Waals surface area contributed by atoms with Crippen molar-refractivity contribution < 1.29 is 9.31 Å². The average Bonchev–Trinajstić information content (AvgIpc) is 2.42. The summed E-state index contributed by atoms with van der Waals surface area (Å²) in [6.45, 7) is 7.95. The molecule has 0 saturated carbocycles. The van der Waals surface area contributed by atoms with Crippen molar-refractivity contribution in [3.8, 4) is 0 Å². The number of benzene rings is 1. The van der Waals surface area contributed by atoms with Crippen molar-refractivity contribution >= 4 is 41.5 Å². The maximum Gasteiger partial charge on any atom is 0.497 e. The Bertz CT molecular complexity index is 475. The smallest absolute Gasteiger partial charge is 0.399 e. The first-order valence-electron chi connectivity index (χ1n) is 5.74. The molecular weight excluding hydrogens is 272 g/mol. The molecule has 0 spiro atoms. The molecule has 2 N–H and O–H groups in total. The fourth-order valence-corrected chi connectivity index (χ4v) is 2.10. The van der Waals surface area contributed by atoms with E-state index in [1.165, 1.54) is 0 Å². The van der Waals surface area contributed by atoms with E-state index in [4.69, 9.17) is 38.2 Å². The molecule has 6 heteroatoms. The van der Waals surface area contributed by atoms with Gasteiger partial charge >= 0.3 is 7.12 Å². The summed E-state index contributed by atoms with van der Waals surface area (Å²) in [5.41, 5.74) is 6.36. The van der Waals surface area contributed by atoms with Crippen LogP contribution in [-0.4, -0.2) is 18.3 Å². The zero-order valence-electron chi connectivity index (χ0n) is 10.9. The molecule has 2 rings (SSSR count). The third-order valence-electron chi connectivity index (χ3n) is 3.63. The Hall–Kier alpha value is -0.415. The van der Waals surface area contributed by atoms with Crippen molar-refractivity contribution in [1.82, 2.24) is 0 Å². The second-order valence-electron chi connectivity index (χ2n) is 5.48. The van der Waals surface area contributed by atoms with E-state index in [0.717, 1.165) is 0 Å². The van der Waals surface area contributed by atoms with Crippen molar-refractivity contribution in [2.24, 2.45) is 0 Å². The summed E-state index contributed by atoms with van der Waals surface area (Å²) in [5.74, 6) is 0. The number of anilines is 1. The van der Waals surface area contributed by atoms with Crippen LogP contribution in [0.25, 0.3) is 0 Å². The van der Waals surface area contributed by atoms with Crippen molar-refractivity contribution in [3.05, 3.63) is 22.2 Å². The molecule has 0 unspecified atom stereocenters. The summed E-state index contributed by atoms with van der Waals surface area (Å²) in [6.07, 6.45) is 0. The molecule has 1 aromatic carbocycles. The maximum atomic E-state index is 6.01. The lowest BCUT2D eigenvalue weighted by atomic mass is 9.78. The molecule has 0 bridgehead atoms. The minimum Gasteiger partial charge on any atom is -0.399 e. The molecule has 1 fully saturated rings. The van der Waals surface area contributed by atoms with Gasteiger partial charge in [-0.15, -0.1) is 0 Å². The molecule has 3 nitrogen and oxygen atoms in total. The Morgan fingerprint density at radius 1 is 1.00 bits per heavy atom. The molecule has 0 amide bonds. The number of hydrogen-bond donors (Lipinski definition) is 1. The Morgan fingerprint density at radius 3 is 1.94 bits per heavy atom. The van der Waals surface area contributed by atoms with Gasteiger partial charge in [0.05, 0.1) is 21.2 Å². The Morgan fingerprint density at radius 2 is 1.44 bits per heavy atom. The third-order valence-corrected chi connectivity index (χ3v) is 4.36. The number of nitrogen functional groups attached to an aromatic ring is 1. The van der Waals surface area contributed by atoms with Gasteiger partial charge < -0.3 is 15.0 Å². The van der Waals surface area contributed by atoms with Crippen LogP contribution in [-0.2, 0) is 9.31 Å². The molecule has 1 aromatic rings. The fourth-order valence-electron chi connectivity index (χ4n) is 1.75. The highest BCUT2D eigenvalue weighted by Crippen LogP contribution is 2.37. The van der Waals surface area contributed by atoms with Gasteiger partial charge in [-0.3, -0.25) is 0 Å². The minimum atomic E-state index is -0.523. The van der Waals surface area contributed by atoms with Gasteiger partial charge in [-0.05, 0) is 39.8 Å². The second kappa shape index (κ2) is 4.31. The molecule has 0 aromatic heterocycles. The molecule has 1 aliphatic rings. The Kier molecular flexibility index (Phi) is 3.35. The van der Waals surface area contributed by atoms with E-state index < -0.39 is 18.3 Å². The van der Waals surface area contributed by atoms with Gasteiger partial charge in [0, 0.05) is 11.2 Å². The van der Waals surface area contributed by atoms with Crippen molar-refractivity contribution in [2.45, 2.75) is 38.9 Å². The molecule has 1 aliphatic heterocycles. The first kappa shape index (κ1) is 14.0. The van der Waals surface area contributed by atoms with Crippen LogP contribution < -0.4 is 11.2 Å². The van der Waals surface area contributed by atoms with Crippen LogP contribution in [0.5, 0.6) is 0 Å². The lowest BCUT2D eigenvalue weighted by molar-refractivity contribution is 0.00578. The van der Waals surface area contributed by atoms with E-state index in [2.05, 4.69) is 0 Å². The number of rotatable bonds is 1. The van der Waals surface area contributed by atoms with Crippen molar-refractivity contribution in [1.29, 1.82) is 0 Å². The summed E-state index contributed by atoms with van der Waals surface area (Å²) >= 11 is 11.9. The van der Waals surface area contributed by atoms with Gasteiger partial charge in [0.15, 0.2) is 0 Å². The van der Waals surface area contributed by atoms with Crippen LogP contribution in [0.3, 0.4) is 0 Å². The van der Waals surface area contributed by atoms with Gasteiger partial charge in [-0.2, -0.15) is 0 Å². The third kappa shape index (κ3) is 2.23. The van der Waals surface area contributed by atoms with Crippen molar-refractivity contribution in [3.63, 3.8) is 0 Å². The van der Waals surface area contributed by atoms with Crippen LogP contribution in [0, 0.1) is 0 Å². The predicted molar refractivity (Wildman–Crippen MR) is 76.6 cm³/mol. The summed E-state index contributed by atoms with van der Waals surface area (Å²) in [5, 5.41) is 0.866. The normalized spacial score (nSPS) is 21.3. The monoisotopic (exact) mass is 287 g/mol. The van der Waals surface area contributed by atoms with E-state index in [1.807, 2.05) is 27.7 Å². The highest BCUT2D eigenvalue weighted by atomic mass is 35.5. The van der Waals surface area contributed by atoms with E-state index in [-0.39, 0.29) is 0 Å². The fraction of sp³-hybridized carbons (Fsp3) is 0.500. The van der Waals surface area contributed by atoms with Gasteiger partial charge in [-0.25, -0.2) is 0 Å². The van der Waals surface area contributed by atoms with Gasteiger partial charge in [0.25, 0.3) is 0 Å². The molecule has 1 saturated heterocycles. The second-order valence-corrected chi connectivity index (χ2v) is 6.30. The molecule has 1 heterocycles. The molecule has 0 aliphatic carbocycles. The zero-order chi connectivity index (χ0) is 13.7. The highest BCUT2D eigenvalue weighted by Gasteiger charge is 2.52. The standard InChI is InChI=1S/C12H16BCl2NO2/c1-11(2)12(3,4)18-13(17-11)7-5-8(14)9(15)6-10(7)16/h5-6H,16H2,1-4H3. The van der Waals surface area contributed by atoms with E-state index >= 15 is 0 Å². The largest absolute Gasteiger partial charge is 0.497 e. The van der Waals surface area contributed by atoms with E-state index in [1.54, 1.807) is 12.1 Å². The lowest BCUT2D eigenvalue weighted by Gasteiger charge is -2.32. The molecule has 0 radical (unpaired) electrons. The van der Waals surface area contributed by atoms with Gasteiger partial charge in [-0.1, -0.05) is 23.2 Å². The van der Waals surface area contributed by atoms with Gasteiger partial charge in [0.1, 0.15) is 0 Å². The molecular formula is C12H16BCl2NO2. The zero-order valence-corrected chi connectivity index (χ0v) is 12.4.